The number of rotatable bonds is 8. The van der Waals surface area contributed by atoms with Crippen LogP contribution in [0.3, 0.4) is 0 Å². The van der Waals surface area contributed by atoms with Gasteiger partial charge in [-0.3, -0.25) is 4.79 Å². The first-order chi connectivity index (χ1) is 10.8. The highest BCUT2D eigenvalue weighted by Crippen LogP contribution is 2.33. The first-order valence-electron chi connectivity index (χ1n) is 7.71. The van der Waals surface area contributed by atoms with Gasteiger partial charge in [-0.05, 0) is 31.4 Å². The van der Waals surface area contributed by atoms with E-state index in [-0.39, 0.29) is 11.8 Å². The molecule has 0 saturated carbocycles. The lowest BCUT2D eigenvalue weighted by atomic mass is 9.88. The van der Waals surface area contributed by atoms with Gasteiger partial charge in [0, 0.05) is 17.7 Å². The maximum absolute atomic E-state index is 12.7. The van der Waals surface area contributed by atoms with Crippen molar-refractivity contribution in [2.24, 2.45) is 11.7 Å². The molecule has 0 heterocycles. The van der Waals surface area contributed by atoms with Crippen LogP contribution < -0.4 is 20.5 Å². The Hall–Kier alpha value is -2.01. The van der Waals surface area contributed by atoms with Gasteiger partial charge in [-0.15, -0.1) is 6.58 Å². The third-order valence-corrected chi connectivity index (χ3v) is 4.28. The van der Waals surface area contributed by atoms with Gasteiger partial charge < -0.3 is 20.5 Å². The topological polar surface area (TPSA) is 73.6 Å². The number of nitrogens with one attached hydrogen (secondary N) is 1. The van der Waals surface area contributed by atoms with Gasteiger partial charge in [0.15, 0.2) is 11.5 Å². The molecule has 0 aliphatic rings. The molecule has 23 heavy (non-hydrogen) atoms. The SMILES string of the molecule is C=CCc1cc(C(=O)NC(C)(CN)C(C)C)cc(OC)c1OC. The third kappa shape index (κ3) is 4.26. The molecule has 3 N–H and O–H groups in total. The summed E-state index contributed by atoms with van der Waals surface area (Å²) in [5, 5.41) is 3.03. The van der Waals surface area contributed by atoms with Crippen LogP contribution in [0.1, 0.15) is 36.7 Å². The maximum Gasteiger partial charge on any atom is 0.251 e. The molecule has 1 atom stereocenters. The molecule has 5 heteroatoms. The van der Waals surface area contributed by atoms with Crippen LogP contribution in [-0.2, 0) is 6.42 Å². The number of methoxy groups -OCH3 is 2. The molecule has 0 aromatic heterocycles. The van der Waals surface area contributed by atoms with Gasteiger partial charge in [0.2, 0.25) is 0 Å². The fourth-order valence-electron chi connectivity index (χ4n) is 2.24. The predicted octanol–water partition coefficient (Wildman–Crippen LogP) is 2.54. The molecule has 5 nitrogen and oxygen atoms in total. The molecule has 0 bridgehead atoms. The summed E-state index contributed by atoms with van der Waals surface area (Å²) in [6, 6.07) is 3.48. The molecule has 1 aromatic carbocycles. The smallest absolute Gasteiger partial charge is 0.251 e. The molecule has 0 aliphatic carbocycles. The summed E-state index contributed by atoms with van der Waals surface area (Å²) >= 11 is 0. The second kappa shape index (κ2) is 8.02. The lowest BCUT2D eigenvalue weighted by molar-refractivity contribution is 0.0882. The monoisotopic (exact) mass is 320 g/mol. The molecule has 1 amide bonds. The average molecular weight is 320 g/mol. The van der Waals surface area contributed by atoms with Gasteiger partial charge in [-0.1, -0.05) is 19.9 Å². The van der Waals surface area contributed by atoms with Crippen molar-refractivity contribution < 1.29 is 14.3 Å². The number of nitrogens with two attached hydrogens (primary N) is 1. The number of carbonyl (C=O) groups excluding carboxylic acids is 1. The Morgan fingerprint density at radius 2 is 2.04 bits per heavy atom. The standard InChI is InChI=1S/C18H28N2O3/c1-7-8-13-9-14(10-15(22-5)16(13)23-6)17(21)20-18(4,11-19)12(2)3/h7,9-10,12H,1,8,11,19H2,2-6H3,(H,20,21). The van der Waals surface area contributed by atoms with E-state index in [9.17, 15) is 4.79 Å². The highest BCUT2D eigenvalue weighted by Gasteiger charge is 2.29. The Labute approximate surface area is 138 Å². The van der Waals surface area contributed by atoms with E-state index in [0.717, 1.165) is 5.56 Å². The van der Waals surface area contributed by atoms with Crippen LogP contribution in [0.25, 0.3) is 0 Å². The molecule has 128 valence electrons. The van der Waals surface area contributed by atoms with E-state index in [4.69, 9.17) is 15.2 Å². The van der Waals surface area contributed by atoms with Crippen LogP contribution in [0.5, 0.6) is 11.5 Å². The van der Waals surface area contributed by atoms with Crippen molar-refractivity contribution in [2.75, 3.05) is 20.8 Å². The molecular weight excluding hydrogens is 292 g/mol. The number of allylic oxidation sites excluding steroid dienone is 1. The number of carbonyl (C=O) groups is 1. The number of hydrogen-bond donors (Lipinski definition) is 2. The summed E-state index contributed by atoms with van der Waals surface area (Å²) in [5.74, 6) is 1.17. The van der Waals surface area contributed by atoms with Crippen LogP contribution in [0.2, 0.25) is 0 Å². The van der Waals surface area contributed by atoms with Gasteiger partial charge in [-0.2, -0.15) is 0 Å². The zero-order valence-corrected chi connectivity index (χ0v) is 14.7. The maximum atomic E-state index is 12.7. The summed E-state index contributed by atoms with van der Waals surface area (Å²) in [7, 11) is 3.13. The highest BCUT2D eigenvalue weighted by molar-refractivity contribution is 5.95. The minimum Gasteiger partial charge on any atom is -0.493 e. The summed E-state index contributed by atoms with van der Waals surface area (Å²) in [6.45, 7) is 10.1. The lowest BCUT2D eigenvalue weighted by Gasteiger charge is -2.33. The lowest BCUT2D eigenvalue weighted by Crippen LogP contribution is -2.55. The van der Waals surface area contributed by atoms with Crippen molar-refractivity contribution in [3.05, 3.63) is 35.9 Å². The van der Waals surface area contributed by atoms with E-state index in [2.05, 4.69) is 11.9 Å². The van der Waals surface area contributed by atoms with E-state index >= 15 is 0 Å². The molecule has 0 fully saturated rings. The minimum absolute atomic E-state index is 0.182. The zero-order chi connectivity index (χ0) is 17.6. The summed E-state index contributed by atoms with van der Waals surface area (Å²) in [4.78, 5) is 12.7. The quantitative estimate of drug-likeness (QED) is 0.722. The molecular formula is C18H28N2O3. The van der Waals surface area contributed by atoms with Crippen LogP contribution in [0.4, 0.5) is 0 Å². The first kappa shape index (κ1) is 19.0. The van der Waals surface area contributed by atoms with Crippen molar-refractivity contribution in [3.63, 3.8) is 0 Å². The average Bonchev–Trinajstić information content (AvgIpc) is 2.53. The van der Waals surface area contributed by atoms with Crippen molar-refractivity contribution in [1.29, 1.82) is 0 Å². The van der Waals surface area contributed by atoms with Crippen LogP contribution >= 0.6 is 0 Å². The Balaban J connectivity index is 3.24. The van der Waals surface area contributed by atoms with Crippen LogP contribution in [-0.4, -0.2) is 32.2 Å². The number of amides is 1. The normalized spacial score (nSPS) is 13.3. The van der Waals surface area contributed by atoms with Crippen molar-refractivity contribution >= 4 is 5.91 Å². The molecule has 1 aromatic rings. The summed E-state index contributed by atoms with van der Waals surface area (Å²) < 4.78 is 10.7. The second-order valence-corrected chi connectivity index (χ2v) is 6.09. The molecule has 1 rings (SSSR count). The van der Waals surface area contributed by atoms with Gasteiger partial charge in [-0.25, -0.2) is 0 Å². The highest BCUT2D eigenvalue weighted by atomic mass is 16.5. The first-order valence-corrected chi connectivity index (χ1v) is 7.71. The Bertz CT molecular complexity index is 570. The van der Waals surface area contributed by atoms with Gasteiger partial charge in [0.05, 0.1) is 19.8 Å². The fourth-order valence-corrected chi connectivity index (χ4v) is 2.24. The number of hydrogen-bond acceptors (Lipinski definition) is 4. The van der Waals surface area contributed by atoms with E-state index in [1.165, 1.54) is 0 Å². The second-order valence-electron chi connectivity index (χ2n) is 6.09. The molecule has 0 radical (unpaired) electrons. The Morgan fingerprint density at radius 3 is 2.48 bits per heavy atom. The van der Waals surface area contributed by atoms with E-state index in [1.807, 2.05) is 20.8 Å². The van der Waals surface area contributed by atoms with Gasteiger partial charge in [0.25, 0.3) is 5.91 Å². The third-order valence-electron chi connectivity index (χ3n) is 4.28. The predicted molar refractivity (Wildman–Crippen MR) is 93.2 cm³/mol. The Kier molecular flexibility index (Phi) is 6.63. The van der Waals surface area contributed by atoms with Crippen molar-refractivity contribution in [3.8, 4) is 11.5 Å². The van der Waals surface area contributed by atoms with Gasteiger partial charge in [0.1, 0.15) is 0 Å². The Morgan fingerprint density at radius 1 is 1.39 bits per heavy atom. The van der Waals surface area contributed by atoms with Crippen molar-refractivity contribution in [1.82, 2.24) is 5.32 Å². The molecule has 0 spiro atoms. The van der Waals surface area contributed by atoms with E-state index in [1.54, 1.807) is 32.4 Å². The number of benzene rings is 1. The molecule has 0 aliphatic heterocycles. The van der Waals surface area contributed by atoms with Gasteiger partial charge >= 0.3 is 0 Å². The van der Waals surface area contributed by atoms with E-state index in [0.29, 0.717) is 30.0 Å². The van der Waals surface area contributed by atoms with Crippen LogP contribution in [0, 0.1) is 5.92 Å². The molecule has 0 saturated heterocycles. The minimum atomic E-state index is -0.469. The summed E-state index contributed by atoms with van der Waals surface area (Å²) in [6.07, 6.45) is 2.34. The van der Waals surface area contributed by atoms with Crippen LogP contribution in [0.15, 0.2) is 24.8 Å². The fraction of sp³-hybridized carbons (Fsp3) is 0.500. The molecule has 1 unspecified atom stereocenters. The zero-order valence-electron chi connectivity index (χ0n) is 14.7. The summed E-state index contributed by atoms with van der Waals surface area (Å²) in [5.41, 5.74) is 6.74. The van der Waals surface area contributed by atoms with E-state index < -0.39 is 5.54 Å². The number of ether oxygens (including phenoxy) is 2. The van der Waals surface area contributed by atoms with Crippen molar-refractivity contribution in [2.45, 2.75) is 32.7 Å². The largest absolute Gasteiger partial charge is 0.493 e.